The van der Waals surface area contributed by atoms with E-state index in [9.17, 15) is 13.2 Å². The molecule has 4 heterocycles. The largest absolute Gasteiger partial charge is 0.491 e. The van der Waals surface area contributed by atoms with E-state index in [4.69, 9.17) is 14.2 Å². The quantitative estimate of drug-likeness (QED) is 0.281. The van der Waals surface area contributed by atoms with Gasteiger partial charge in [-0.05, 0) is 43.7 Å². The Hall–Kier alpha value is -3.77. The molecule has 0 saturated carbocycles. The number of rotatable bonds is 11. The van der Waals surface area contributed by atoms with E-state index in [1.807, 2.05) is 32.0 Å². The number of hydrogen-bond acceptors (Lipinski definition) is 9. The monoisotopic (exact) mass is 541 g/mol. The van der Waals surface area contributed by atoms with Crippen molar-refractivity contribution in [2.75, 3.05) is 39.4 Å². The van der Waals surface area contributed by atoms with Gasteiger partial charge >= 0.3 is 5.69 Å². The van der Waals surface area contributed by atoms with Gasteiger partial charge in [0.1, 0.15) is 9.84 Å². The minimum absolute atomic E-state index is 0.212. The van der Waals surface area contributed by atoms with E-state index < -0.39 is 21.6 Å². The summed E-state index contributed by atoms with van der Waals surface area (Å²) in [6.45, 7) is 4.56. The summed E-state index contributed by atoms with van der Waals surface area (Å²) in [5, 5.41) is 0. The number of fused-ring (bicyclic) bond motifs is 1. The lowest BCUT2D eigenvalue weighted by Gasteiger charge is -2.19. The topological polar surface area (TPSA) is 127 Å². The molecule has 0 fully saturated rings. The van der Waals surface area contributed by atoms with Gasteiger partial charge in [-0.25, -0.2) is 23.2 Å². The zero-order chi connectivity index (χ0) is 27.4. The second-order valence-corrected chi connectivity index (χ2v) is 11.0. The number of aromatic nitrogens is 5. The first kappa shape index (κ1) is 27.3. The van der Waals surface area contributed by atoms with Crippen molar-refractivity contribution in [2.45, 2.75) is 26.4 Å². The summed E-state index contributed by atoms with van der Waals surface area (Å²) in [4.78, 5) is 27.6. The van der Waals surface area contributed by atoms with Crippen LogP contribution in [0.3, 0.4) is 0 Å². The van der Waals surface area contributed by atoms with E-state index in [0.29, 0.717) is 34.9 Å². The molecule has 4 aromatic rings. The van der Waals surface area contributed by atoms with Crippen molar-refractivity contribution >= 4 is 21.0 Å². The van der Waals surface area contributed by atoms with E-state index in [0.717, 1.165) is 17.4 Å². The fraction of sp³-hybridized carbons (Fsp3) is 0.385. The van der Waals surface area contributed by atoms with Crippen molar-refractivity contribution in [3.05, 3.63) is 64.5 Å². The average molecular weight is 542 g/mol. The number of ether oxygens (including phenoxy) is 3. The highest BCUT2D eigenvalue weighted by Crippen LogP contribution is 2.32. The van der Waals surface area contributed by atoms with E-state index in [-0.39, 0.29) is 24.8 Å². The number of sulfone groups is 1. The molecular formula is C26H31N5O6S. The zero-order valence-electron chi connectivity index (χ0n) is 22.0. The number of aryl methyl sites for hydroxylation is 1. The predicted molar refractivity (Wildman–Crippen MR) is 144 cm³/mol. The molecule has 11 nitrogen and oxygen atoms in total. The lowest BCUT2D eigenvalue weighted by atomic mass is 10.1. The molecule has 4 rings (SSSR count). The highest BCUT2D eigenvalue weighted by Gasteiger charge is 2.29. The Morgan fingerprint density at radius 1 is 1.11 bits per heavy atom. The third-order valence-corrected chi connectivity index (χ3v) is 7.06. The van der Waals surface area contributed by atoms with Crippen LogP contribution in [-0.4, -0.2) is 71.9 Å². The van der Waals surface area contributed by atoms with Gasteiger partial charge in [0.2, 0.25) is 0 Å². The molecule has 12 heteroatoms. The molecule has 0 radical (unpaired) electrons. The normalized spacial score (nSPS) is 12.6. The maximum Gasteiger partial charge on any atom is 0.331 e. The van der Waals surface area contributed by atoms with Gasteiger partial charge in [0, 0.05) is 31.3 Å². The Balaban J connectivity index is 2.02. The molecule has 38 heavy (non-hydrogen) atoms. The molecule has 0 unspecified atom stereocenters. The molecule has 0 aromatic carbocycles. The summed E-state index contributed by atoms with van der Waals surface area (Å²) in [5.41, 5.74) is 3.10. The first-order valence-electron chi connectivity index (χ1n) is 12.1. The molecule has 0 N–H and O–H groups in total. The van der Waals surface area contributed by atoms with Crippen LogP contribution in [0.1, 0.15) is 24.2 Å². The molecular weight excluding hydrogens is 510 g/mol. The van der Waals surface area contributed by atoms with Crippen LogP contribution in [0.5, 0.6) is 11.6 Å². The molecule has 0 aliphatic rings. The number of methoxy groups -OCH3 is 2. The molecule has 4 aromatic heterocycles. The molecule has 202 valence electrons. The van der Waals surface area contributed by atoms with Crippen LogP contribution in [0.4, 0.5) is 0 Å². The first-order chi connectivity index (χ1) is 18.2. The van der Waals surface area contributed by atoms with Gasteiger partial charge < -0.3 is 14.2 Å². The van der Waals surface area contributed by atoms with Gasteiger partial charge in [0.05, 0.1) is 55.6 Å². The van der Waals surface area contributed by atoms with E-state index >= 15 is 0 Å². The minimum Gasteiger partial charge on any atom is -0.491 e. The summed E-state index contributed by atoms with van der Waals surface area (Å²) in [6.07, 6.45) is 4.47. The number of nitrogens with zero attached hydrogens (tertiary/aromatic N) is 5. The van der Waals surface area contributed by atoms with Gasteiger partial charge in [-0.1, -0.05) is 6.07 Å². The third kappa shape index (κ3) is 5.41. The molecule has 1 atom stereocenters. The summed E-state index contributed by atoms with van der Waals surface area (Å²) >= 11 is 0. The van der Waals surface area contributed by atoms with Gasteiger partial charge in [0.25, 0.3) is 5.88 Å². The zero-order valence-corrected chi connectivity index (χ0v) is 22.9. The standard InChI is InChI=1S/C26H31N5O6S/c1-6-37-25-22(36-4)11-10-20(29-25)21(16-38(5,33)34)31-24-23(30(26(31)32)13-14-35-3)17(2)18(15-28-24)19-9-7-8-12-27-19/h7-12,15,21H,6,13-14,16H2,1-5H3/t21-/m1/s1. The van der Waals surface area contributed by atoms with Crippen LogP contribution < -0.4 is 15.2 Å². The smallest absolute Gasteiger partial charge is 0.331 e. The van der Waals surface area contributed by atoms with Crippen LogP contribution in [0.2, 0.25) is 0 Å². The van der Waals surface area contributed by atoms with E-state index in [1.165, 1.54) is 11.7 Å². The Labute approximate surface area is 221 Å². The Morgan fingerprint density at radius 3 is 2.53 bits per heavy atom. The highest BCUT2D eigenvalue weighted by molar-refractivity contribution is 7.90. The van der Waals surface area contributed by atoms with Gasteiger partial charge in [-0.3, -0.25) is 14.1 Å². The molecule has 0 spiro atoms. The molecule has 0 amide bonds. The maximum absolute atomic E-state index is 14.0. The number of pyridine rings is 3. The van der Waals surface area contributed by atoms with E-state index in [1.54, 1.807) is 36.2 Å². The average Bonchev–Trinajstić information content (AvgIpc) is 3.18. The Morgan fingerprint density at radius 2 is 1.89 bits per heavy atom. The fourth-order valence-electron chi connectivity index (χ4n) is 4.45. The SMILES string of the molecule is CCOc1nc([C@@H](CS(C)(=O)=O)n2c(=O)n(CCOC)c3c(C)c(-c4ccccn4)cnc32)ccc1OC. The van der Waals surface area contributed by atoms with Gasteiger partial charge in [-0.15, -0.1) is 0 Å². The second-order valence-electron chi connectivity index (χ2n) is 8.77. The second kappa shape index (κ2) is 11.3. The van der Waals surface area contributed by atoms with Crippen molar-refractivity contribution in [1.82, 2.24) is 24.1 Å². The predicted octanol–water partition coefficient (Wildman–Crippen LogP) is 2.65. The summed E-state index contributed by atoms with van der Waals surface area (Å²) in [5.74, 6) is 0.241. The lowest BCUT2D eigenvalue weighted by molar-refractivity contribution is 0.187. The van der Waals surface area contributed by atoms with Crippen LogP contribution in [0, 0.1) is 6.92 Å². The van der Waals surface area contributed by atoms with E-state index in [2.05, 4.69) is 15.0 Å². The summed E-state index contributed by atoms with van der Waals surface area (Å²) in [7, 11) is -0.512. The van der Waals surface area contributed by atoms with Gasteiger partial charge in [0.15, 0.2) is 11.4 Å². The highest BCUT2D eigenvalue weighted by atomic mass is 32.2. The van der Waals surface area contributed by atoms with Crippen molar-refractivity contribution in [1.29, 1.82) is 0 Å². The first-order valence-corrected chi connectivity index (χ1v) is 14.1. The van der Waals surface area contributed by atoms with Crippen LogP contribution in [-0.2, 0) is 21.1 Å². The van der Waals surface area contributed by atoms with Crippen molar-refractivity contribution in [2.24, 2.45) is 0 Å². The minimum atomic E-state index is -3.56. The third-order valence-electron chi connectivity index (χ3n) is 6.14. The maximum atomic E-state index is 14.0. The summed E-state index contributed by atoms with van der Waals surface area (Å²) < 4.78 is 44.4. The molecule has 0 aliphatic heterocycles. The van der Waals surface area contributed by atoms with Crippen molar-refractivity contribution in [3.63, 3.8) is 0 Å². The molecule has 0 aliphatic carbocycles. The van der Waals surface area contributed by atoms with Crippen LogP contribution >= 0.6 is 0 Å². The van der Waals surface area contributed by atoms with Crippen LogP contribution in [0.15, 0.2) is 47.5 Å². The Bertz CT molecular complexity index is 1600. The molecule has 0 bridgehead atoms. The molecule has 0 saturated heterocycles. The fourth-order valence-corrected chi connectivity index (χ4v) is 5.34. The lowest BCUT2D eigenvalue weighted by Crippen LogP contribution is -2.32. The Kier molecular flexibility index (Phi) is 8.12. The van der Waals surface area contributed by atoms with Gasteiger partial charge in [-0.2, -0.15) is 0 Å². The number of imidazole rings is 1. The number of hydrogen-bond donors (Lipinski definition) is 0. The van der Waals surface area contributed by atoms with Crippen molar-refractivity contribution < 1.29 is 22.6 Å². The summed E-state index contributed by atoms with van der Waals surface area (Å²) in [6, 6.07) is 7.88. The van der Waals surface area contributed by atoms with Crippen LogP contribution in [0.25, 0.3) is 22.4 Å². The van der Waals surface area contributed by atoms with Crippen molar-refractivity contribution in [3.8, 4) is 22.9 Å².